The van der Waals surface area contributed by atoms with Crippen LogP contribution in [-0.4, -0.2) is 42.5 Å². The number of anilines is 1. The van der Waals surface area contributed by atoms with Crippen molar-refractivity contribution < 1.29 is 14.3 Å². The second-order valence-corrected chi connectivity index (χ2v) is 8.05. The van der Waals surface area contributed by atoms with E-state index in [2.05, 4.69) is 10.2 Å². The number of nitrogens with one attached hydrogen (secondary N) is 1. The minimum atomic E-state index is -0.344. The van der Waals surface area contributed by atoms with Crippen molar-refractivity contribution >= 4 is 17.6 Å². The Balaban J connectivity index is 1.82. The number of carbonyl (C=O) groups is 2. The first-order valence-corrected chi connectivity index (χ1v) is 10.8. The Morgan fingerprint density at radius 3 is 2.47 bits per heavy atom. The fourth-order valence-corrected chi connectivity index (χ4v) is 4.19. The molecule has 1 fully saturated rings. The lowest BCUT2D eigenvalue weighted by atomic mass is 9.94. The lowest BCUT2D eigenvalue weighted by molar-refractivity contribution is -0.150. The highest BCUT2D eigenvalue weighted by Gasteiger charge is 2.34. The molecule has 0 radical (unpaired) electrons. The number of hydrogen-bond donors (Lipinski definition) is 1. The molecule has 2 aromatic carbocycles. The number of hydrogen-bond acceptors (Lipinski definition) is 4. The molecule has 3 rings (SSSR count). The summed E-state index contributed by atoms with van der Waals surface area (Å²) in [5.41, 5.74) is 4.08. The van der Waals surface area contributed by atoms with Crippen LogP contribution in [-0.2, 0) is 20.7 Å². The van der Waals surface area contributed by atoms with E-state index in [0.717, 1.165) is 41.8 Å². The molecule has 1 amide bonds. The Kier molecular flexibility index (Phi) is 7.63. The van der Waals surface area contributed by atoms with Crippen LogP contribution in [0.4, 0.5) is 5.69 Å². The Bertz CT molecular complexity index is 846. The average molecular weight is 409 g/mol. The van der Waals surface area contributed by atoms with Crippen LogP contribution in [0.25, 0.3) is 0 Å². The quantitative estimate of drug-likeness (QED) is 0.700. The van der Waals surface area contributed by atoms with Crippen LogP contribution in [0.2, 0.25) is 0 Å². The largest absolute Gasteiger partial charge is 0.466 e. The van der Waals surface area contributed by atoms with Crippen LogP contribution in [0, 0.1) is 19.8 Å². The van der Waals surface area contributed by atoms with E-state index in [1.165, 1.54) is 0 Å². The minimum absolute atomic E-state index is 0.0271. The summed E-state index contributed by atoms with van der Waals surface area (Å²) >= 11 is 0. The van der Waals surface area contributed by atoms with Crippen molar-refractivity contribution in [2.75, 3.05) is 25.0 Å². The number of amides is 1. The topological polar surface area (TPSA) is 58.6 Å². The third-order valence-corrected chi connectivity index (χ3v) is 5.82. The summed E-state index contributed by atoms with van der Waals surface area (Å²) in [6, 6.07) is 15.7. The molecule has 0 spiro atoms. The van der Waals surface area contributed by atoms with E-state index in [1.807, 2.05) is 69.3 Å². The monoisotopic (exact) mass is 408 g/mol. The summed E-state index contributed by atoms with van der Waals surface area (Å²) in [4.78, 5) is 27.9. The van der Waals surface area contributed by atoms with Gasteiger partial charge in [0.1, 0.15) is 0 Å². The van der Waals surface area contributed by atoms with E-state index in [1.54, 1.807) is 0 Å². The fourth-order valence-electron chi connectivity index (χ4n) is 4.19. The van der Waals surface area contributed by atoms with Gasteiger partial charge in [0, 0.05) is 12.2 Å². The second kappa shape index (κ2) is 10.4. The van der Waals surface area contributed by atoms with Crippen molar-refractivity contribution in [2.24, 2.45) is 5.92 Å². The first-order valence-electron chi connectivity index (χ1n) is 10.8. The van der Waals surface area contributed by atoms with Crippen molar-refractivity contribution in [3.8, 4) is 0 Å². The molecule has 5 heteroatoms. The van der Waals surface area contributed by atoms with E-state index in [-0.39, 0.29) is 23.8 Å². The first kappa shape index (κ1) is 22.0. The van der Waals surface area contributed by atoms with Gasteiger partial charge in [-0.2, -0.15) is 0 Å². The van der Waals surface area contributed by atoms with Crippen molar-refractivity contribution in [2.45, 2.75) is 46.1 Å². The summed E-state index contributed by atoms with van der Waals surface area (Å²) < 4.78 is 5.25. The molecule has 1 aliphatic heterocycles. The van der Waals surface area contributed by atoms with Crippen molar-refractivity contribution in [3.05, 3.63) is 65.2 Å². The van der Waals surface area contributed by atoms with Crippen LogP contribution >= 0.6 is 0 Å². The number of rotatable bonds is 7. The maximum absolute atomic E-state index is 13.5. The number of piperidine rings is 1. The fraction of sp³-hybridized carbons (Fsp3) is 0.440. The van der Waals surface area contributed by atoms with Gasteiger partial charge in [0.25, 0.3) is 0 Å². The summed E-state index contributed by atoms with van der Waals surface area (Å²) in [6.07, 6.45) is 2.30. The van der Waals surface area contributed by atoms with E-state index in [0.29, 0.717) is 19.6 Å². The van der Waals surface area contributed by atoms with Crippen LogP contribution in [0.15, 0.2) is 48.5 Å². The van der Waals surface area contributed by atoms with Crippen LogP contribution in [0.1, 0.15) is 36.5 Å². The molecule has 30 heavy (non-hydrogen) atoms. The maximum Gasteiger partial charge on any atom is 0.310 e. The van der Waals surface area contributed by atoms with E-state index in [4.69, 9.17) is 4.74 Å². The van der Waals surface area contributed by atoms with E-state index < -0.39 is 0 Å². The van der Waals surface area contributed by atoms with Crippen molar-refractivity contribution in [3.63, 3.8) is 0 Å². The van der Waals surface area contributed by atoms with Crippen molar-refractivity contribution in [1.29, 1.82) is 0 Å². The molecule has 0 bridgehead atoms. The first-order chi connectivity index (χ1) is 14.5. The number of likely N-dealkylation sites (tertiary alicyclic amines) is 1. The number of ether oxygens (including phenoxy) is 1. The molecule has 2 atom stereocenters. The second-order valence-electron chi connectivity index (χ2n) is 8.05. The summed E-state index contributed by atoms with van der Waals surface area (Å²) in [5, 5.41) is 3.17. The average Bonchev–Trinajstić information content (AvgIpc) is 2.75. The van der Waals surface area contributed by atoms with Gasteiger partial charge in [0.15, 0.2) is 0 Å². The Morgan fingerprint density at radius 2 is 1.80 bits per heavy atom. The van der Waals surface area contributed by atoms with Gasteiger partial charge >= 0.3 is 5.97 Å². The highest BCUT2D eigenvalue weighted by atomic mass is 16.5. The number of aryl methyl sites for hydroxylation is 2. The lowest BCUT2D eigenvalue weighted by Gasteiger charge is -2.37. The molecule has 5 nitrogen and oxygen atoms in total. The van der Waals surface area contributed by atoms with E-state index >= 15 is 0 Å². The molecule has 1 saturated heterocycles. The third kappa shape index (κ3) is 5.48. The smallest absolute Gasteiger partial charge is 0.310 e. The molecule has 0 aliphatic carbocycles. The van der Waals surface area contributed by atoms with Gasteiger partial charge in [0.05, 0.1) is 18.6 Å². The Labute approximate surface area is 179 Å². The molecule has 1 aliphatic rings. The van der Waals surface area contributed by atoms with Crippen LogP contribution < -0.4 is 5.32 Å². The number of para-hydroxylation sites is 1. The Morgan fingerprint density at radius 1 is 1.10 bits per heavy atom. The summed E-state index contributed by atoms with van der Waals surface area (Å²) in [7, 11) is 0. The third-order valence-electron chi connectivity index (χ3n) is 5.82. The normalized spacial score (nSPS) is 17.9. The van der Waals surface area contributed by atoms with Gasteiger partial charge in [0.2, 0.25) is 5.91 Å². The molecular weight excluding hydrogens is 376 g/mol. The molecule has 2 aromatic rings. The molecule has 1 N–H and O–H groups in total. The number of carbonyl (C=O) groups excluding carboxylic acids is 2. The molecule has 2 unspecified atom stereocenters. The number of nitrogens with zero attached hydrogens (tertiary/aromatic N) is 1. The van der Waals surface area contributed by atoms with Gasteiger partial charge in [-0.15, -0.1) is 0 Å². The van der Waals surface area contributed by atoms with Gasteiger partial charge < -0.3 is 10.1 Å². The number of esters is 1. The van der Waals surface area contributed by atoms with Crippen LogP contribution in [0.3, 0.4) is 0 Å². The summed E-state index contributed by atoms with van der Waals surface area (Å²) in [5.74, 6) is -0.360. The predicted octanol–water partition coefficient (Wildman–Crippen LogP) is 4.13. The zero-order valence-corrected chi connectivity index (χ0v) is 18.2. The van der Waals surface area contributed by atoms with E-state index in [9.17, 15) is 9.59 Å². The van der Waals surface area contributed by atoms with Crippen molar-refractivity contribution in [1.82, 2.24) is 4.90 Å². The summed E-state index contributed by atoms with van der Waals surface area (Å²) in [6.45, 7) is 7.58. The number of benzene rings is 2. The van der Waals surface area contributed by atoms with Crippen LogP contribution in [0.5, 0.6) is 0 Å². The molecule has 1 heterocycles. The highest BCUT2D eigenvalue weighted by molar-refractivity contribution is 5.96. The Hall–Kier alpha value is -2.66. The highest BCUT2D eigenvalue weighted by Crippen LogP contribution is 2.24. The maximum atomic E-state index is 13.5. The van der Waals surface area contributed by atoms with Gasteiger partial charge in [-0.3, -0.25) is 14.5 Å². The van der Waals surface area contributed by atoms with Gasteiger partial charge in [-0.25, -0.2) is 0 Å². The van der Waals surface area contributed by atoms with Gasteiger partial charge in [-0.1, -0.05) is 48.5 Å². The zero-order valence-electron chi connectivity index (χ0n) is 18.2. The molecular formula is C25H32N2O3. The predicted molar refractivity (Wildman–Crippen MR) is 119 cm³/mol. The molecule has 0 aromatic heterocycles. The zero-order chi connectivity index (χ0) is 21.5. The minimum Gasteiger partial charge on any atom is -0.466 e. The standard InChI is InChI=1S/C25H32N2O3/c1-4-30-25(29)21-14-9-15-27(17-21)22(16-20-12-6-5-7-13-20)24(28)26-23-18(2)10-8-11-19(23)3/h5-8,10-13,21-22H,4,9,14-17H2,1-3H3,(H,26,28). The SMILES string of the molecule is CCOC(=O)C1CCCN(C(Cc2ccccc2)C(=O)Nc2c(C)cccc2C)C1. The molecule has 160 valence electrons. The van der Waals surface area contributed by atoms with Gasteiger partial charge in [-0.05, 0) is 63.3 Å². The lowest BCUT2D eigenvalue weighted by Crippen LogP contribution is -2.51. The molecule has 0 saturated carbocycles.